The third kappa shape index (κ3) is 15.1. The maximum atomic E-state index is 9.52. The van der Waals surface area contributed by atoms with Crippen LogP contribution in [0.1, 0.15) is 6.92 Å². The molecule has 0 aliphatic heterocycles. The Morgan fingerprint density at radius 1 is 0.783 bits per heavy atom. The van der Waals surface area contributed by atoms with Gasteiger partial charge < -0.3 is 40.2 Å². The van der Waals surface area contributed by atoms with Crippen molar-refractivity contribution in [3.8, 4) is 0 Å². The zero-order valence-electron chi connectivity index (χ0n) is 14.2. The lowest BCUT2D eigenvalue weighted by molar-refractivity contribution is -0.166. The van der Waals surface area contributed by atoms with Crippen molar-refractivity contribution in [3.05, 3.63) is 0 Å². The summed E-state index contributed by atoms with van der Waals surface area (Å²) in [6.45, 7) is 0.118. The van der Waals surface area contributed by atoms with Crippen molar-refractivity contribution in [1.29, 1.82) is 0 Å². The second-order valence-corrected chi connectivity index (χ2v) is 6.43. The summed E-state index contributed by atoms with van der Waals surface area (Å²) in [4.78, 5) is 25.0. The first-order valence-corrected chi connectivity index (χ1v) is 7.99. The fraction of sp³-hybridized carbons (Fsp3) is 1.00. The van der Waals surface area contributed by atoms with E-state index in [1.54, 1.807) is 16.7 Å². The van der Waals surface area contributed by atoms with Crippen molar-refractivity contribution in [1.82, 2.24) is 9.80 Å². The van der Waals surface area contributed by atoms with E-state index in [2.05, 4.69) is 0 Å². The van der Waals surface area contributed by atoms with Gasteiger partial charge in [-0.15, -0.1) is 0 Å². The molecule has 0 unspecified atom stereocenters. The van der Waals surface area contributed by atoms with Crippen molar-refractivity contribution in [3.63, 3.8) is 0 Å². The summed E-state index contributed by atoms with van der Waals surface area (Å²) in [6, 6.07) is 0. The van der Waals surface area contributed by atoms with Gasteiger partial charge in [-0.3, -0.25) is 9.80 Å². The van der Waals surface area contributed by atoms with E-state index < -0.39 is 45.5 Å². The average molecular weight is 366 g/mol. The smallest absolute Gasteiger partial charge is 0.396 e. The van der Waals surface area contributed by atoms with Crippen LogP contribution in [0.2, 0.25) is 0 Å². The summed E-state index contributed by atoms with van der Waals surface area (Å²) in [6.07, 6.45) is 0. The largest absolute Gasteiger partial charge is 0.466 e. The predicted octanol–water partition coefficient (Wildman–Crippen LogP) is -3.21. The maximum absolute atomic E-state index is 9.52. The minimum atomic E-state index is -4.64. The van der Waals surface area contributed by atoms with Crippen LogP contribution >= 0.6 is 7.82 Å². The Bertz CT molecular complexity index is 294. The van der Waals surface area contributed by atoms with E-state index in [0.29, 0.717) is 0 Å². The van der Waals surface area contributed by atoms with Crippen molar-refractivity contribution in [2.24, 2.45) is 5.41 Å². The van der Waals surface area contributed by atoms with Gasteiger partial charge in [0.05, 0.1) is 31.8 Å². The summed E-state index contributed by atoms with van der Waals surface area (Å²) >= 11 is 0. The van der Waals surface area contributed by atoms with Crippen LogP contribution in [0.5, 0.6) is 0 Å². The monoisotopic (exact) mass is 366 g/mol. The number of phosphoric acid groups is 1. The highest BCUT2D eigenvalue weighted by atomic mass is 31.2. The zero-order chi connectivity index (χ0) is 19.5. The topological polar surface area (TPSA) is 185 Å². The van der Waals surface area contributed by atoms with Crippen LogP contribution < -0.4 is 0 Å². The molecule has 0 aliphatic rings. The standard InChI is InChI=1S/C6H16N2O.C5H12O4.H3O4P/c1-6(9,7(2)3)8(4)5;6-1-5(2-7,3-8)4-9;1-5(2,3)4/h9H,1-5H3;6-9H,1-4H2;(H3,1,2,3,4). The summed E-state index contributed by atoms with van der Waals surface area (Å²) in [5.41, 5.74) is -1.11. The normalized spacial score (nSPS) is 12.5. The van der Waals surface area contributed by atoms with Crippen molar-refractivity contribution < 1.29 is 44.8 Å². The van der Waals surface area contributed by atoms with Gasteiger partial charge in [-0.05, 0) is 35.1 Å². The molecular formula is C11H31N2O9P. The summed E-state index contributed by atoms with van der Waals surface area (Å²) in [5, 5.41) is 43.5. The van der Waals surface area contributed by atoms with E-state index in [0.717, 1.165) is 0 Å². The van der Waals surface area contributed by atoms with E-state index in [1.807, 2.05) is 28.2 Å². The Kier molecular flexibility index (Phi) is 14.7. The number of aliphatic hydroxyl groups is 5. The molecule has 0 aromatic carbocycles. The fourth-order valence-corrected chi connectivity index (χ4v) is 0.700. The van der Waals surface area contributed by atoms with Crippen molar-refractivity contribution in [2.75, 3.05) is 54.6 Å². The number of rotatable bonds is 6. The lowest BCUT2D eigenvalue weighted by atomic mass is 9.93. The zero-order valence-corrected chi connectivity index (χ0v) is 15.1. The Morgan fingerprint density at radius 3 is 0.957 bits per heavy atom. The van der Waals surface area contributed by atoms with E-state index in [4.69, 9.17) is 39.7 Å². The molecule has 11 nitrogen and oxygen atoms in total. The van der Waals surface area contributed by atoms with E-state index in [-0.39, 0.29) is 0 Å². The van der Waals surface area contributed by atoms with Gasteiger partial charge in [0.1, 0.15) is 0 Å². The van der Waals surface area contributed by atoms with Gasteiger partial charge in [0.15, 0.2) is 5.85 Å². The van der Waals surface area contributed by atoms with Gasteiger partial charge in [0.25, 0.3) is 0 Å². The molecule has 8 N–H and O–H groups in total. The minimum Gasteiger partial charge on any atom is -0.396 e. The highest BCUT2D eigenvalue weighted by molar-refractivity contribution is 7.45. The summed E-state index contributed by atoms with van der Waals surface area (Å²) < 4.78 is 8.88. The second-order valence-electron chi connectivity index (χ2n) is 5.41. The highest BCUT2D eigenvalue weighted by Crippen LogP contribution is 2.25. The van der Waals surface area contributed by atoms with Gasteiger partial charge in [-0.25, -0.2) is 4.57 Å². The average Bonchev–Trinajstić information content (AvgIpc) is 2.40. The molecule has 0 aromatic heterocycles. The molecule has 0 heterocycles. The van der Waals surface area contributed by atoms with Crippen LogP contribution in [0.4, 0.5) is 0 Å². The molecule has 0 saturated carbocycles. The van der Waals surface area contributed by atoms with Crippen molar-refractivity contribution >= 4 is 7.82 Å². The van der Waals surface area contributed by atoms with Crippen LogP contribution in [-0.4, -0.2) is 110 Å². The molecule has 0 rings (SSSR count). The fourth-order valence-electron chi connectivity index (χ4n) is 0.700. The third-order valence-corrected chi connectivity index (χ3v) is 3.04. The molecule has 0 spiro atoms. The van der Waals surface area contributed by atoms with Crippen LogP contribution in [0.3, 0.4) is 0 Å². The first-order chi connectivity index (χ1) is 10.1. The van der Waals surface area contributed by atoms with E-state index >= 15 is 0 Å². The third-order valence-electron chi connectivity index (χ3n) is 3.04. The molecule has 0 bridgehead atoms. The van der Waals surface area contributed by atoms with Gasteiger partial charge in [-0.2, -0.15) is 0 Å². The van der Waals surface area contributed by atoms with Gasteiger partial charge in [0.2, 0.25) is 0 Å². The Balaban J connectivity index is -0.000000273. The Labute approximate surface area is 136 Å². The quantitative estimate of drug-likeness (QED) is 0.175. The van der Waals surface area contributed by atoms with Crippen molar-refractivity contribution in [2.45, 2.75) is 12.8 Å². The molecule has 12 heteroatoms. The molecule has 144 valence electrons. The molecule has 0 amide bonds. The number of hydrogen-bond acceptors (Lipinski definition) is 8. The number of nitrogens with zero attached hydrogens (tertiary/aromatic N) is 2. The number of aliphatic hydroxyl groups excluding tert-OH is 4. The first-order valence-electron chi connectivity index (χ1n) is 6.42. The molecule has 0 fully saturated rings. The van der Waals surface area contributed by atoms with Gasteiger partial charge in [-0.1, -0.05) is 0 Å². The highest BCUT2D eigenvalue weighted by Gasteiger charge is 2.26. The first kappa shape index (κ1) is 27.7. The van der Waals surface area contributed by atoms with E-state index in [9.17, 15) is 5.11 Å². The van der Waals surface area contributed by atoms with Gasteiger partial charge in [0, 0.05) is 0 Å². The molecule has 0 saturated heterocycles. The lowest BCUT2D eigenvalue weighted by Crippen LogP contribution is -2.52. The Morgan fingerprint density at radius 2 is 0.957 bits per heavy atom. The molecule has 0 aromatic rings. The summed E-state index contributed by atoms with van der Waals surface area (Å²) in [7, 11) is 2.69. The molecule has 23 heavy (non-hydrogen) atoms. The van der Waals surface area contributed by atoms with E-state index in [1.165, 1.54) is 0 Å². The van der Waals surface area contributed by atoms with Gasteiger partial charge >= 0.3 is 7.82 Å². The molecular weight excluding hydrogens is 335 g/mol. The number of hydrogen-bond donors (Lipinski definition) is 8. The summed E-state index contributed by atoms with van der Waals surface area (Å²) in [5.74, 6) is -0.833. The molecule has 0 atom stereocenters. The van der Waals surface area contributed by atoms with Crippen LogP contribution in [-0.2, 0) is 4.57 Å². The molecule has 0 radical (unpaired) electrons. The van der Waals surface area contributed by atoms with Crippen LogP contribution in [0.15, 0.2) is 0 Å². The lowest BCUT2D eigenvalue weighted by Gasteiger charge is -2.36. The SMILES string of the molecule is CN(C)C(C)(O)N(C)C.O=P(O)(O)O.OCC(CO)(CO)CO. The minimum absolute atomic E-state index is 0.406. The van der Waals surface area contributed by atoms with Crippen LogP contribution in [0.25, 0.3) is 0 Å². The predicted molar refractivity (Wildman–Crippen MR) is 83.0 cm³/mol. The molecule has 0 aliphatic carbocycles. The maximum Gasteiger partial charge on any atom is 0.466 e. The second kappa shape index (κ2) is 12.2. The van der Waals surface area contributed by atoms with Crippen LogP contribution in [0, 0.1) is 5.41 Å². The Hall–Kier alpha value is -0.170.